The van der Waals surface area contributed by atoms with Gasteiger partial charge in [-0.05, 0) is 44.7 Å². The molecule has 1 aliphatic carbocycles. The third-order valence-electron chi connectivity index (χ3n) is 5.47. The Morgan fingerprint density at radius 1 is 1.12 bits per heavy atom. The third-order valence-corrected chi connectivity index (χ3v) is 5.47. The molecule has 0 radical (unpaired) electrons. The number of nitrogens with one attached hydrogen (secondary N) is 1. The Morgan fingerprint density at radius 3 is 2.80 bits per heavy atom. The van der Waals surface area contributed by atoms with Crippen LogP contribution in [0.4, 0.5) is 5.82 Å². The third kappa shape index (κ3) is 3.45. The first-order chi connectivity index (χ1) is 12.2. The lowest BCUT2D eigenvalue weighted by Gasteiger charge is -2.34. The number of carbonyl (C=O) groups is 1. The van der Waals surface area contributed by atoms with Crippen LogP contribution in [-0.2, 0) is 4.79 Å². The van der Waals surface area contributed by atoms with Gasteiger partial charge in [0.25, 0.3) is 0 Å². The molecule has 0 bridgehead atoms. The summed E-state index contributed by atoms with van der Waals surface area (Å²) in [5, 5.41) is 16.1. The van der Waals surface area contributed by atoms with E-state index in [2.05, 4.69) is 25.5 Å². The molecule has 2 fully saturated rings. The van der Waals surface area contributed by atoms with Crippen LogP contribution in [0.15, 0.2) is 12.1 Å². The number of anilines is 1. The van der Waals surface area contributed by atoms with Crippen molar-refractivity contribution in [2.45, 2.75) is 57.9 Å². The maximum Gasteiger partial charge on any atom is 0.225 e. The van der Waals surface area contributed by atoms with Gasteiger partial charge in [-0.15, -0.1) is 15.3 Å². The minimum absolute atomic E-state index is 0.0511. The molecule has 1 N–H and O–H groups in total. The van der Waals surface area contributed by atoms with Crippen molar-refractivity contribution in [3.63, 3.8) is 0 Å². The highest BCUT2D eigenvalue weighted by Gasteiger charge is 2.28. The van der Waals surface area contributed by atoms with E-state index in [1.165, 1.54) is 19.3 Å². The molecular weight excluding hydrogens is 316 g/mol. The largest absolute Gasteiger partial charge is 0.354 e. The lowest BCUT2D eigenvalue weighted by molar-refractivity contribution is -0.126. The average Bonchev–Trinajstić information content (AvgIpc) is 3.03. The molecule has 1 aliphatic heterocycles. The van der Waals surface area contributed by atoms with Gasteiger partial charge in [0.1, 0.15) is 5.82 Å². The standard InChI is InChI=1S/C18H26N6O/c1-13-20-21-16-9-10-17(22-24(13)16)23-11-5-6-14(12-23)18(25)19-15-7-3-2-4-8-15/h9-10,14-15H,2-8,11-12H2,1H3,(H,19,25)/t14-/m0/s1. The Morgan fingerprint density at radius 2 is 1.96 bits per heavy atom. The normalized spacial score (nSPS) is 22.3. The first-order valence-electron chi connectivity index (χ1n) is 9.45. The Kier molecular flexibility index (Phi) is 4.55. The lowest BCUT2D eigenvalue weighted by atomic mass is 9.93. The zero-order valence-electron chi connectivity index (χ0n) is 14.8. The Balaban J connectivity index is 1.44. The molecule has 0 unspecified atom stereocenters. The predicted molar refractivity (Wildman–Crippen MR) is 95.5 cm³/mol. The van der Waals surface area contributed by atoms with Crippen LogP contribution in [0, 0.1) is 12.8 Å². The topological polar surface area (TPSA) is 75.4 Å². The molecular formula is C18H26N6O. The Hall–Kier alpha value is -2.18. The number of nitrogens with zero attached hydrogens (tertiary/aromatic N) is 5. The van der Waals surface area contributed by atoms with Crippen LogP contribution in [0.5, 0.6) is 0 Å². The van der Waals surface area contributed by atoms with E-state index >= 15 is 0 Å². The first-order valence-corrected chi connectivity index (χ1v) is 9.45. The SMILES string of the molecule is Cc1nnc2ccc(N3CCC[C@H](C(=O)NC4CCCCC4)C3)nn12. The molecule has 2 aromatic heterocycles. The highest BCUT2D eigenvalue weighted by molar-refractivity contribution is 5.79. The quantitative estimate of drug-likeness (QED) is 0.924. The number of aromatic nitrogens is 4. The molecule has 7 nitrogen and oxygen atoms in total. The minimum Gasteiger partial charge on any atom is -0.354 e. The van der Waals surface area contributed by atoms with Crippen molar-refractivity contribution in [3.05, 3.63) is 18.0 Å². The van der Waals surface area contributed by atoms with Crippen molar-refractivity contribution in [3.8, 4) is 0 Å². The lowest BCUT2D eigenvalue weighted by Crippen LogP contribution is -2.46. The molecule has 3 heterocycles. The van der Waals surface area contributed by atoms with Crippen molar-refractivity contribution >= 4 is 17.4 Å². The fraction of sp³-hybridized carbons (Fsp3) is 0.667. The first kappa shape index (κ1) is 16.3. The Labute approximate surface area is 147 Å². The highest BCUT2D eigenvalue weighted by atomic mass is 16.2. The number of hydrogen-bond acceptors (Lipinski definition) is 5. The zero-order valence-corrected chi connectivity index (χ0v) is 14.8. The van der Waals surface area contributed by atoms with Crippen LogP contribution in [-0.4, -0.2) is 44.8 Å². The van der Waals surface area contributed by atoms with Gasteiger partial charge in [0.2, 0.25) is 5.91 Å². The van der Waals surface area contributed by atoms with E-state index in [4.69, 9.17) is 0 Å². The van der Waals surface area contributed by atoms with E-state index in [-0.39, 0.29) is 11.8 Å². The maximum atomic E-state index is 12.7. The van der Waals surface area contributed by atoms with Gasteiger partial charge < -0.3 is 10.2 Å². The van der Waals surface area contributed by atoms with E-state index in [1.807, 2.05) is 19.1 Å². The summed E-state index contributed by atoms with van der Waals surface area (Å²) in [4.78, 5) is 14.9. The molecule has 1 atom stereocenters. The molecule has 2 aliphatic rings. The van der Waals surface area contributed by atoms with Crippen molar-refractivity contribution in [2.24, 2.45) is 5.92 Å². The maximum absolute atomic E-state index is 12.7. The molecule has 134 valence electrons. The van der Waals surface area contributed by atoms with Crippen LogP contribution in [0.1, 0.15) is 50.8 Å². The van der Waals surface area contributed by atoms with Gasteiger partial charge in [0.15, 0.2) is 11.5 Å². The van der Waals surface area contributed by atoms with Crippen LogP contribution < -0.4 is 10.2 Å². The summed E-state index contributed by atoms with van der Waals surface area (Å²) in [6, 6.07) is 4.30. The second-order valence-corrected chi connectivity index (χ2v) is 7.34. The number of rotatable bonds is 3. The van der Waals surface area contributed by atoms with Gasteiger partial charge in [-0.25, -0.2) is 0 Å². The monoisotopic (exact) mass is 342 g/mol. The van der Waals surface area contributed by atoms with E-state index in [1.54, 1.807) is 4.52 Å². The number of carbonyl (C=O) groups excluding carboxylic acids is 1. The number of aryl methyl sites for hydroxylation is 1. The number of fused-ring (bicyclic) bond motifs is 1. The van der Waals surface area contributed by atoms with E-state index in [0.29, 0.717) is 6.04 Å². The molecule has 4 rings (SSSR count). The zero-order chi connectivity index (χ0) is 17.2. The molecule has 1 amide bonds. The van der Waals surface area contributed by atoms with E-state index in [0.717, 1.165) is 56.1 Å². The number of amides is 1. The van der Waals surface area contributed by atoms with Gasteiger partial charge in [-0.3, -0.25) is 4.79 Å². The number of hydrogen-bond donors (Lipinski definition) is 1. The number of piperidine rings is 1. The fourth-order valence-corrected chi connectivity index (χ4v) is 4.02. The molecule has 0 aromatic carbocycles. The van der Waals surface area contributed by atoms with Crippen LogP contribution in [0.3, 0.4) is 0 Å². The van der Waals surface area contributed by atoms with Crippen molar-refractivity contribution in [2.75, 3.05) is 18.0 Å². The summed E-state index contributed by atoms with van der Waals surface area (Å²) < 4.78 is 1.76. The summed E-state index contributed by atoms with van der Waals surface area (Å²) in [6.45, 7) is 3.57. The molecule has 7 heteroatoms. The predicted octanol–water partition coefficient (Wildman–Crippen LogP) is 2.10. The van der Waals surface area contributed by atoms with Crippen LogP contribution >= 0.6 is 0 Å². The van der Waals surface area contributed by atoms with Crippen LogP contribution in [0.2, 0.25) is 0 Å². The summed E-state index contributed by atoms with van der Waals surface area (Å²) >= 11 is 0. The minimum atomic E-state index is 0.0511. The smallest absolute Gasteiger partial charge is 0.225 e. The summed E-state index contributed by atoms with van der Waals surface area (Å²) in [5.41, 5.74) is 0.754. The average molecular weight is 342 g/mol. The van der Waals surface area contributed by atoms with Gasteiger partial charge >= 0.3 is 0 Å². The summed E-state index contributed by atoms with van der Waals surface area (Å²) in [6.07, 6.45) is 8.03. The molecule has 2 aromatic rings. The fourth-order valence-electron chi connectivity index (χ4n) is 4.02. The van der Waals surface area contributed by atoms with E-state index in [9.17, 15) is 4.79 Å². The molecule has 1 saturated heterocycles. The van der Waals surface area contributed by atoms with Gasteiger partial charge in [-0.2, -0.15) is 4.52 Å². The van der Waals surface area contributed by atoms with E-state index < -0.39 is 0 Å². The van der Waals surface area contributed by atoms with Crippen LogP contribution in [0.25, 0.3) is 5.65 Å². The van der Waals surface area contributed by atoms with Gasteiger partial charge in [0.05, 0.1) is 5.92 Å². The summed E-state index contributed by atoms with van der Waals surface area (Å²) in [5.74, 6) is 1.94. The second kappa shape index (κ2) is 6.98. The Bertz CT molecular complexity index is 751. The highest BCUT2D eigenvalue weighted by Crippen LogP contribution is 2.23. The summed E-state index contributed by atoms with van der Waals surface area (Å²) in [7, 11) is 0. The van der Waals surface area contributed by atoms with Gasteiger partial charge in [-0.1, -0.05) is 19.3 Å². The second-order valence-electron chi connectivity index (χ2n) is 7.34. The van der Waals surface area contributed by atoms with Crippen molar-refractivity contribution in [1.29, 1.82) is 0 Å². The molecule has 25 heavy (non-hydrogen) atoms. The van der Waals surface area contributed by atoms with Crippen molar-refractivity contribution < 1.29 is 4.79 Å². The van der Waals surface area contributed by atoms with Crippen molar-refractivity contribution in [1.82, 2.24) is 25.1 Å². The molecule has 1 saturated carbocycles. The molecule has 0 spiro atoms. The van der Waals surface area contributed by atoms with Gasteiger partial charge in [0, 0.05) is 19.1 Å².